The first-order valence-corrected chi connectivity index (χ1v) is 8.95. The molecule has 2 aromatic rings. The van der Waals surface area contributed by atoms with Crippen molar-refractivity contribution in [2.45, 2.75) is 19.1 Å². The van der Waals surface area contributed by atoms with Crippen LogP contribution in [0.1, 0.15) is 17.5 Å². The van der Waals surface area contributed by atoms with Gasteiger partial charge in [-0.05, 0) is 29.8 Å². The van der Waals surface area contributed by atoms with Crippen LogP contribution >= 0.6 is 0 Å². The lowest BCUT2D eigenvalue weighted by Crippen LogP contribution is -2.32. The minimum atomic E-state index is -4.40. The number of alkyl halides is 3. The number of fused-ring (bicyclic) bond motifs is 1. The summed E-state index contributed by atoms with van der Waals surface area (Å²) >= 11 is 0. The fourth-order valence-electron chi connectivity index (χ4n) is 3.33. The maximum atomic E-state index is 12.6. The second kappa shape index (κ2) is 7.31. The third kappa shape index (κ3) is 3.98. The fourth-order valence-corrected chi connectivity index (χ4v) is 3.33. The highest BCUT2D eigenvalue weighted by Crippen LogP contribution is 2.37. The summed E-state index contributed by atoms with van der Waals surface area (Å²) in [6.45, 7) is 0.435. The standard InChI is InChI=1S/C20H17F3N2O4/c21-20(22,23)14-3-1-12(2-4-14)9-24-19(27)13-7-18(26)25(10-13)15-5-6-16-17(8-15)29-11-28-16/h1-6,8,13H,7,9-11H2,(H,24,27)/t13-/m0/s1. The molecule has 0 unspecified atom stereocenters. The number of nitrogens with zero attached hydrogens (tertiary/aromatic N) is 1. The van der Waals surface area contributed by atoms with Crippen molar-refractivity contribution < 1.29 is 32.2 Å². The Balaban J connectivity index is 1.36. The van der Waals surface area contributed by atoms with Crippen molar-refractivity contribution >= 4 is 17.5 Å². The summed E-state index contributed by atoms with van der Waals surface area (Å²) in [4.78, 5) is 26.3. The number of hydrogen-bond acceptors (Lipinski definition) is 4. The highest BCUT2D eigenvalue weighted by Gasteiger charge is 2.35. The van der Waals surface area contributed by atoms with Gasteiger partial charge in [0.2, 0.25) is 18.6 Å². The molecule has 2 heterocycles. The molecule has 1 fully saturated rings. The quantitative estimate of drug-likeness (QED) is 0.848. The molecule has 1 N–H and O–H groups in total. The summed E-state index contributed by atoms with van der Waals surface area (Å²) in [5, 5.41) is 2.69. The Morgan fingerprint density at radius 2 is 1.83 bits per heavy atom. The molecule has 29 heavy (non-hydrogen) atoms. The zero-order valence-corrected chi connectivity index (χ0v) is 15.2. The van der Waals surface area contributed by atoms with Gasteiger partial charge in [0.1, 0.15) is 0 Å². The van der Waals surface area contributed by atoms with Crippen LogP contribution in [-0.2, 0) is 22.3 Å². The Morgan fingerprint density at radius 1 is 1.10 bits per heavy atom. The first kappa shape index (κ1) is 19.1. The van der Waals surface area contributed by atoms with Gasteiger partial charge in [-0.1, -0.05) is 12.1 Å². The van der Waals surface area contributed by atoms with Crippen molar-refractivity contribution in [1.29, 1.82) is 0 Å². The number of carbonyl (C=O) groups is 2. The maximum Gasteiger partial charge on any atom is 0.416 e. The highest BCUT2D eigenvalue weighted by molar-refractivity contribution is 6.00. The number of benzene rings is 2. The first-order chi connectivity index (χ1) is 13.8. The first-order valence-electron chi connectivity index (χ1n) is 8.95. The largest absolute Gasteiger partial charge is 0.454 e. The molecule has 1 atom stereocenters. The predicted molar refractivity (Wildman–Crippen MR) is 96.3 cm³/mol. The molecule has 2 aliphatic rings. The molecular formula is C20H17F3N2O4. The molecule has 9 heteroatoms. The van der Waals surface area contributed by atoms with E-state index in [-0.39, 0.29) is 38.1 Å². The molecule has 0 aromatic heterocycles. The second-order valence-corrected chi connectivity index (χ2v) is 6.86. The monoisotopic (exact) mass is 406 g/mol. The second-order valence-electron chi connectivity index (χ2n) is 6.86. The van der Waals surface area contributed by atoms with Crippen molar-refractivity contribution in [3.05, 3.63) is 53.6 Å². The number of halogens is 3. The van der Waals surface area contributed by atoms with Crippen LogP contribution in [0, 0.1) is 5.92 Å². The molecule has 2 aromatic carbocycles. The van der Waals surface area contributed by atoms with Gasteiger partial charge >= 0.3 is 6.18 Å². The summed E-state index contributed by atoms with van der Waals surface area (Å²) in [6, 6.07) is 9.73. The highest BCUT2D eigenvalue weighted by atomic mass is 19.4. The smallest absolute Gasteiger partial charge is 0.416 e. The lowest BCUT2D eigenvalue weighted by Gasteiger charge is -2.17. The van der Waals surface area contributed by atoms with Gasteiger partial charge in [-0.2, -0.15) is 13.2 Å². The summed E-state index contributed by atoms with van der Waals surface area (Å²) in [5.41, 5.74) is 0.425. The lowest BCUT2D eigenvalue weighted by molar-refractivity contribution is -0.137. The molecule has 0 radical (unpaired) electrons. The molecule has 2 aliphatic heterocycles. The number of anilines is 1. The summed E-state index contributed by atoms with van der Waals surface area (Å²) in [7, 11) is 0. The van der Waals surface area contributed by atoms with Gasteiger partial charge in [-0.15, -0.1) is 0 Å². The summed E-state index contributed by atoms with van der Waals surface area (Å²) in [5.74, 6) is 0.110. The molecule has 0 saturated carbocycles. The Labute approximate surface area is 164 Å². The van der Waals surface area contributed by atoms with Gasteiger partial charge in [-0.25, -0.2) is 0 Å². The molecule has 2 amide bonds. The van der Waals surface area contributed by atoms with E-state index < -0.39 is 17.7 Å². The Hall–Kier alpha value is -3.23. The van der Waals surface area contributed by atoms with Gasteiger partial charge in [0, 0.05) is 31.3 Å². The maximum absolute atomic E-state index is 12.6. The Kier molecular flexibility index (Phi) is 4.81. The van der Waals surface area contributed by atoms with Crippen molar-refractivity contribution in [3.63, 3.8) is 0 Å². The molecule has 152 valence electrons. The zero-order chi connectivity index (χ0) is 20.6. The number of carbonyl (C=O) groups excluding carboxylic acids is 2. The third-order valence-electron chi connectivity index (χ3n) is 4.91. The van der Waals surface area contributed by atoms with Crippen LogP contribution < -0.4 is 19.7 Å². The normalized spacial score (nSPS) is 18.2. The van der Waals surface area contributed by atoms with Crippen LogP contribution in [-0.4, -0.2) is 25.2 Å². The molecule has 0 aliphatic carbocycles. The molecular weight excluding hydrogens is 389 g/mol. The average molecular weight is 406 g/mol. The van der Waals surface area contributed by atoms with E-state index in [2.05, 4.69) is 5.32 Å². The molecule has 4 rings (SSSR count). The number of ether oxygens (including phenoxy) is 2. The van der Waals surface area contributed by atoms with E-state index >= 15 is 0 Å². The van der Waals surface area contributed by atoms with Gasteiger partial charge in [0.15, 0.2) is 11.5 Å². The topological polar surface area (TPSA) is 67.9 Å². The van der Waals surface area contributed by atoms with Crippen LogP contribution in [0.2, 0.25) is 0 Å². The number of hydrogen-bond donors (Lipinski definition) is 1. The van der Waals surface area contributed by atoms with E-state index in [1.165, 1.54) is 17.0 Å². The lowest BCUT2D eigenvalue weighted by atomic mass is 10.1. The van der Waals surface area contributed by atoms with Crippen LogP contribution in [0.25, 0.3) is 0 Å². The van der Waals surface area contributed by atoms with E-state index in [1.807, 2.05) is 0 Å². The van der Waals surface area contributed by atoms with Crippen LogP contribution in [0.4, 0.5) is 18.9 Å². The SMILES string of the molecule is O=C(NCc1ccc(C(F)(F)F)cc1)[C@H]1CC(=O)N(c2ccc3c(c2)OCO3)C1. The number of rotatable bonds is 4. The van der Waals surface area contributed by atoms with E-state index in [4.69, 9.17) is 9.47 Å². The van der Waals surface area contributed by atoms with Crippen molar-refractivity contribution in [3.8, 4) is 11.5 Å². The van der Waals surface area contributed by atoms with Gasteiger partial charge in [0.25, 0.3) is 0 Å². The molecule has 1 saturated heterocycles. The van der Waals surface area contributed by atoms with E-state index in [0.717, 1.165) is 12.1 Å². The minimum Gasteiger partial charge on any atom is -0.454 e. The van der Waals surface area contributed by atoms with E-state index in [0.29, 0.717) is 22.7 Å². The minimum absolute atomic E-state index is 0.0628. The van der Waals surface area contributed by atoms with Gasteiger partial charge < -0.3 is 19.7 Å². The molecule has 6 nitrogen and oxygen atoms in total. The van der Waals surface area contributed by atoms with Gasteiger partial charge in [0.05, 0.1) is 11.5 Å². The summed E-state index contributed by atoms with van der Waals surface area (Å²) < 4.78 is 48.4. The van der Waals surface area contributed by atoms with Crippen LogP contribution in [0.5, 0.6) is 11.5 Å². The van der Waals surface area contributed by atoms with E-state index in [1.54, 1.807) is 18.2 Å². The Morgan fingerprint density at radius 3 is 2.55 bits per heavy atom. The Bertz CT molecular complexity index is 944. The average Bonchev–Trinajstić information content (AvgIpc) is 3.31. The van der Waals surface area contributed by atoms with Crippen molar-refractivity contribution in [1.82, 2.24) is 5.32 Å². The van der Waals surface area contributed by atoms with Crippen molar-refractivity contribution in [2.75, 3.05) is 18.2 Å². The third-order valence-corrected chi connectivity index (χ3v) is 4.91. The zero-order valence-electron chi connectivity index (χ0n) is 15.2. The number of nitrogens with one attached hydrogen (secondary N) is 1. The van der Waals surface area contributed by atoms with Crippen LogP contribution in [0.15, 0.2) is 42.5 Å². The fraction of sp³-hybridized carbons (Fsp3) is 0.300. The summed E-state index contributed by atoms with van der Waals surface area (Å²) in [6.07, 6.45) is -4.34. The number of amides is 2. The van der Waals surface area contributed by atoms with Crippen LogP contribution in [0.3, 0.4) is 0 Å². The predicted octanol–water partition coefficient (Wildman–Crippen LogP) is 3.10. The molecule has 0 bridgehead atoms. The van der Waals surface area contributed by atoms with Crippen molar-refractivity contribution in [2.24, 2.45) is 5.92 Å². The molecule has 0 spiro atoms. The van der Waals surface area contributed by atoms with Gasteiger partial charge in [-0.3, -0.25) is 9.59 Å². The van der Waals surface area contributed by atoms with E-state index in [9.17, 15) is 22.8 Å².